The third-order valence-electron chi connectivity index (χ3n) is 4.26. The van der Waals surface area contributed by atoms with Crippen LogP contribution in [0.4, 0.5) is 0 Å². The Kier molecular flexibility index (Phi) is 5.16. The number of benzene rings is 2. The summed E-state index contributed by atoms with van der Waals surface area (Å²) in [6.07, 6.45) is 1.02. The number of hydrogen-bond donors (Lipinski definition) is 2. The molecule has 0 bridgehead atoms. The molecule has 0 aromatic heterocycles. The van der Waals surface area contributed by atoms with Crippen molar-refractivity contribution in [1.29, 1.82) is 0 Å². The summed E-state index contributed by atoms with van der Waals surface area (Å²) in [6, 6.07) is 15.6. The minimum absolute atomic E-state index is 0.0130. The van der Waals surface area contributed by atoms with Crippen molar-refractivity contribution < 1.29 is 9.59 Å². The zero-order valence-electron chi connectivity index (χ0n) is 13.2. The molecular formula is C19H19ClN2O2. The highest BCUT2D eigenvalue weighted by molar-refractivity contribution is 6.30. The van der Waals surface area contributed by atoms with Crippen LogP contribution in [0, 0.1) is 5.92 Å². The topological polar surface area (TPSA) is 58.2 Å². The molecule has 1 atom stereocenters. The van der Waals surface area contributed by atoms with Crippen molar-refractivity contribution in [1.82, 2.24) is 10.6 Å². The van der Waals surface area contributed by atoms with E-state index >= 15 is 0 Å². The van der Waals surface area contributed by atoms with Crippen molar-refractivity contribution in [3.05, 3.63) is 59.1 Å². The summed E-state index contributed by atoms with van der Waals surface area (Å²) in [7, 11) is 0. The van der Waals surface area contributed by atoms with E-state index in [9.17, 15) is 9.59 Å². The average molecular weight is 343 g/mol. The molecule has 0 aliphatic carbocycles. The van der Waals surface area contributed by atoms with Gasteiger partial charge in [0.15, 0.2) is 0 Å². The van der Waals surface area contributed by atoms with Crippen molar-refractivity contribution >= 4 is 23.4 Å². The molecule has 4 nitrogen and oxygen atoms in total. The highest BCUT2D eigenvalue weighted by atomic mass is 35.5. The number of amides is 2. The van der Waals surface area contributed by atoms with Gasteiger partial charge in [-0.25, -0.2) is 0 Å². The first-order valence-electron chi connectivity index (χ1n) is 8.02. The lowest BCUT2D eigenvalue weighted by atomic mass is 9.97. The van der Waals surface area contributed by atoms with E-state index < -0.39 is 0 Å². The number of carbonyl (C=O) groups excluding carboxylic acids is 2. The summed E-state index contributed by atoms with van der Waals surface area (Å²) in [5.41, 5.74) is 3.19. The van der Waals surface area contributed by atoms with Crippen molar-refractivity contribution in [3.63, 3.8) is 0 Å². The third kappa shape index (κ3) is 3.95. The van der Waals surface area contributed by atoms with E-state index in [1.165, 1.54) is 0 Å². The normalized spacial score (nSPS) is 17.2. The maximum Gasteiger partial charge on any atom is 0.225 e. The average Bonchev–Trinajstić information content (AvgIpc) is 2.61. The molecule has 2 amide bonds. The van der Waals surface area contributed by atoms with Gasteiger partial charge in [-0.1, -0.05) is 48.0 Å². The van der Waals surface area contributed by atoms with Crippen LogP contribution in [0.15, 0.2) is 48.5 Å². The number of nitrogens with one attached hydrogen (secondary N) is 2. The molecule has 1 saturated heterocycles. The van der Waals surface area contributed by atoms with Gasteiger partial charge in [0, 0.05) is 24.5 Å². The van der Waals surface area contributed by atoms with Crippen LogP contribution in [-0.2, 0) is 16.1 Å². The molecule has 0 spiro atoms. The molecule has 2 aromatic rings. The Balaban J connectivity index is 1.68. The summed E-state index contributed by atoms with van der Waals surface area (Å²) in [5, 5.41) is 6.43. The van der Waals surface area contributed by atoms with Gasteiger partial charge in [-0.2, -0.15) is 0 Å². The Morgan fingerprint density at radius 2 is 1.92 bits per heavy atom. The standard InChI is InChI=1S/C19H19ClN2O2/c20-16-8-5-13(6-9-16)17-4-2-1-3-14(17)11-22-19(24)15-7-10-18(23)21-12-15/h1-6,8-9,15H,7,10-12H2,(H,21,23)(H,22,24)/t15-/m0/s1. The van der Waals surface area contributed by atoms with Gasteiger partial charge in [0.2, 0.25) is 11.8 Å². The van der Waals surface area contributed by atoms with Gasteiger partial charge in [-0.3, -0.25) is 9.59 Å². The molecule has 0 unspecified atom stereocenters. The van der Waals surface area contributed by atoms with Gasteiger partial charge >= 0.3 is 0 Å². The fourth-order valence-electron chi connectivity index (χ4n) is 2.87. The minimum atomic E-state index is -0.148. The lowest BCUT2D eigenvalue weighted by Crippen LogP contribution is -2.42. The molecule has 1 aliphatic rings. The molecule has 5 heteroatoms. The summed E-state index contributed by atoms with van der Waals surface area (Å²) >= 11 is 5.95. The molecule has 0 saturated carbocycles. The van der Waals surface area contributed by atoms with E-state index in [-0.39, 0.29) is 17.7 Å². The predicted octanol–water partition coefficient (Wildman–Crippen LogP) is 3.15. The molecule has 2 aromatic carbocycles. The van der Waals surface area contributed by atoms with Crippen LogP contribution in [0.25, 0.3) is 11.1 Å². The van der Waals surface area contributed by atoms with Crippen LogP contribution >= 0.6 is 11.6 Å². The Morgan fingerprint density at radius 3 is 2.62 bits per heavy atom. The minimum Gasteiger partial charge on any atom is -0.355 e. The van der Waals surface area contributed by atoms with Gasteiger partial charge in [0.25, 0.3) is 0 Å². The van der Waals surface area contributed by atoms with E-state index in [2.05, 4.69) is 10.6 Å². The maximum atomic E-state index is 12.3. The highest BCUT2D eigenvalue weighted by Gasteiger charge is 2.24. The van der Waals surface area contributed by atoms with Crippen LogP contribution in [0.1, 0.15) is 18.4 Å². The Morgan fingerprint density at radius 1 is 1.17 bits per heavy atom. The molecule has 124 valence electrons. The number of hydrogen-bond acceptors (Lipinski definition) is 2. The van der Waals surface area contributed by atoms with E-state index in [0.717, 1.165) is 16.7 Å². The third-order valence-corrected chi connectivity index (χ3v) is 4.51. The Hall–Kier alpha value is -2.33. The molecule has 1 fully saturated rings. The molecular weight excluding hydrogens is 324 g/mol. The van der Waals surface area contributed by atoms with E-state index in [1.807, 2.05) is 48.5 Å². The van der Waals surface area contributed by atoms with E-state index in [0.29, 0.717) is 31.0 Å². The zero-order chi connectivity index (χ0) is 16.9. The first-order valence-corrected chi connectivity index (χ1v) is 8.39. The second kappa shape index (κ2) is 7.49. The predicted molar refractivity (Wildman–Crippen MR) is 94.5 cm³/mol. The summed E-state index contributed by atoms with van der Waals surface area (Å²) in [5.74, 6) is -0.140. The molecule has 0 radical (unpaired) electrons. The fourth-order valence-corrected chi connectivity index (χ4v) is 2.99. The molecule has 1 heterocycles. The van der Waals surface area contributed by atoms with Crippen LogP contribution in [0.5, 0.6) is 0 Å². The second-order valence-corrected chi connectivity index (χ2v) is 6.36. The number of piperidine rings is 1. The molecule has 1 aliphatic heterocycles. The number of halogens is 1. The lowest BCUT2D eigenvalue weighted by Gasteiger charge is -2.22. The van der Waals surface area contributed by atoms with Crippen molar-refractivity contribution in [2.45, 2.75) is 19.4 Å². The summed E-state index contributed by atoms with van der Waals surface area (Å²) in [4.78, 5) is 23.5. The SMILES string of the molecule is O=C1CC[C@H](C(=O)NCc2ccccc2-c2ccc(Cl)cc2)CN1. The largest absolute Gasteiger partial charge is 0.355 e. The first-order chi connectivity index (χ1) is 11.6. The molecule has 24 heavy (non-hydrogen) atoms. The lowest BCUT2D eigenvalue weighted by molar-refractivity contribution is -0.129. The summed E-state index contributed by atoms with van der Waals surface area (Å²) < 4.78 is 0. The Labute approximate surface area is 146 Å². The zero-order valence-corrected chi connectivity index (χ0v) is 14.0. The highest BCUT2D eigenvalue weighted by Crippen LogP contribution is 2.25. The van der Waals surface area contributed by atoms with Gasteiger partial charge in [-0.15, -0.1) is 0 Å². The Bertz CT molecular complexity index is 733. The van der Waals surface area contributed by atoms with Crippen LogP contribution in [0.2, 0.25) is 5.02 Å². The van der Waals surface area contributed by atoms with Crippen LogP contribution in [-0.4, -0.2) is 18.4 Å². The molecule has 2 N–H and O–H groups in total. The van der Waals surface area contributed by atoms with Crippen molar-refractivity contribution in [2.75, 3.05) is 6.54 Å². The second-order valence-electron chi connectivity index (χ2n) is 5.92. The number of carbonyl (C=O) groups is 2. The van der Waals surface area contributed by atoms with Gasteiger partial charge in [0.05, 0.1) is 5.92 Å². The van der Waals surface area contributed by atoms with Crippen LogP contribution < -0.4 is 10.6 Å². The number of rotatable bonds is 4. The van der Waals surface area contributed by atoms with Gasteiger partial charge in [-0.05, 0) is 35.2 Å². The van der Waals surface area contributed by atoms with Gasteiger partial charge < -0.3 is 10.6 Å². The monoisotopic (exact) mass is 342 g/mol. The van der Waals surface area contributed by atoms with Crippen molar-refractivity contribution in [2.24, 2.45) is 5.92 Å². The quantitative estimate of drug-likeness (QED) is 0.896. The molecule has 3 rings (SSSR count). The van der Waals surface area contributed by atoms with E-state index in [1.54, 1.807) is 0 Å². The van der Waals surface area contributed by atoms with Crippen molar-refractivity contribution in [3.8, 4) is 11.1 Å². The van der Waals surface area contributed by atoms with E-state index in [4.69, 9.17) is 11.6 Å². The smallest absolute Gasteiger partial charge is 0.225 e. The summed E-state index contributed by atoms with van der Waals surface area (Å²) in [6.45, 7) is 0.881. The van der Waals surface area contributed by atoms with Crippen LogP contribution in [0.3, 0.4) is 0 Å². The maximum absolute atomic E-state index is 12.3. The fraction of sp³-hybridized carbons (Fsp3) is 0.263. The van der Waals surface area contributed by atoms with Gasteiger partial charge in [0.1, 0.15) is 0 Å². The first kappa shape index (κ1) is 16.5.